The molecule has 2 N–H and O–H groups in total. The number of nitrogens with one attached hydrogen (secondary N) is 1. The summed E-state index contributed by atoms with van der Waals surface area (Å²) in [4.78, 5) is 20.4. The molecule has 1 atom stereocenters. The summed E-state index contributed by atoms with van der Waals surface area (Å²) in [5, 5.41) is 10.8. The highest BCUT2D eigenvalue weighted by molar-refractivity contribution is 5.74. The van der Waals surface area contributed by atoms with Crippen molar-refractivity contribution in [3.8, 4) is 0 Å². The van der Waals surface area contributed by atoms with Gasteiger partial charge < -0.3 is 10.4 Å². The van der Waals surface area contributed by atoms with Crippen LogP contribution in [0.5, 0.6) is 0 Å². The van der Waals surface area contributed by atoms with Crippen molar-refractivity contribution in [2.45, 2.75) is 27.7 Å². The fraction of sp³-hybridized carbons (Fsp3) is 0.750. The largest absolute Gasteiger partial charge is 0.481 e. The molecule has 0 aromatic rings. The molecule has 0 aromatic carbocycles. The van der Waals surface area contributed by atoms with Gasteiger partial charge in [0.1, 0.15) is 0 Å². The number of carbonyl (C=O) groups is 2. The van der Waals surface area contributed by atoms with Crippen LogP contribution in [0.15, 0.2) is 0 Å². The van der Waals surface area contributed by atoms with Gasteiger partial charge >= 0.3 is 5.97 Å². The van der Waals surface area contributed by atoms with Crippen molar-refractivity contribution in [1.82, 2.24) is 5.32 Å². The molecule has 0 radical (unpaired) electrons. The van der Waals surface area contributed by atoms with E-state index in [1.807, 2.05) is 13.8 Å². The third-order valence-electron chi connectivity index (χ3n) is 1.08. The second-order valence-corrected chi connectivity index (χ2v) is 2.18. The van der Waals surface area contributed by atoms with Gasteiger partial charge in [0.25, 0.3) is 0 Å². The second kappa shape index (κ2) is 8.04. The minimum Gasteiger partial charge on any atom is -0.481 e. The van der Waals surface area contributed by atoms with Crippen molar-refractivity contribution in [1.29, 1.82) is 0 Å². The third kappa shape index (κ3) is 8.94. The second-order valence-electron chi connectivity index (χ2n) is 2.18. The number of carboxylic acids is 1. The van der Waals surface area contributed by atoms with Gasteiger partial charge in [-0.25, -0.2) is 0 Å². The Morgan fingerprint density at radius 3 is 2.08 bits per heavy atom. The molecule has 0 fully saturated rings. The Labute approximate surface area is 73.0 Å². The molecule has 0 bridgehead atoms. The summed E-state index contributed by atoms with van der Waals surface area (Å²) in [6, 6.07) is 0. The van der Waals surface area contributed by atoms with Gasteiger partial charge in [-0.1, -0.05) is 20.8 Å². The molecule has 0 spiro atoms. The summed E-state index contributed by atoms with van der Waals surface area (Å²) in [5.74, 6) is -1.61. The van der Waals surface area contributed by atoms with Gasteiger partial charge in [0.15, 0.2) is 0 Å². The van der Waals surface area contributed by atoms with Gasteiger partial charge in [0.05, 0.1) is 5.92 Å². The molecule has 0 saturated carbocycles. The fourth-order valence-electron chi connectivity index (χ4n) is 0.384. The number of hydrogen-bond acceptors (Lipinski definition) is 2. The summed E-state index contributed by atoms with van der Waals surface area (Å²) < 4.78 is 0. The fourth-order valence-corrected chi connectivity index (χ4v) is 0.384. The highest BCUT2D eigenvalue weighted by Gasteiger charge is 2.09. The number of carbonyl (C=O) groups excluding carboxylic acids is 1. The van der Waals surface area contributed by atoms with Gasteiger partial charge in [0.2, 0.25) is 5.91 Å². The average Bonchev–Trinajstić information content (AvgIpc) is 2.03. The average molecular weight is 175 g/mol. The molecular weight excluding hydrogens is 158 g/mol. The van der Waals surface area contributed by atoms with Crippen LogP contribution in [0.3, 0.4) is 0 Å². The van der Waals surface area contributed by atoms with E-state index in [0.717, 1.165) is 0 Å². The molecular formula is C8H17NO3. The predicted molar refractivity (Wildman–Crippen MR) is 46.8 cm³/mol. The zero-order valence-electron chi connectivity index (χ0n) is 8.05. The van der Waals surface area contributed by atoms with E-state index in [1.165, 1.54) is 13.8 Å². The van der Waals surface area contributed by atoms with Crippen LogP contribution in [0.4, 0.5) is 0 Å². The van der Waals surface area contributed by atoms with E-state index in [1.54, 1.807) is 0 Å². The molecule has 0 saturated heterocycles. The smallest absolute Gasteiger partial charge is 0.308 e. The van der Waals surface area contributed by atoms with Crippen molar-refractivity contribution in [2.24, 2.45) is 5.92 Å². The SMILES string of the molecule is CC.CC(=O)NCC(C)C(=O)O. The van der Waals surface area contributed by atoms with Crippen LogP contribution in [0.1, 0.15) is 27.7 Å². The van der Waals surface area contributed by atoms with Crippen molar-refractivity contribution >= 4 is 11.9 Å². The first-order valence-electron chi connectivity index (χ1n) is 4.01. The van der Waals surface area contributed by atoms with E-state index in [-0.39, 0.29) is 12.5 Å². The van der Waals surface area contributed by atoms with Crippen LogP contribution < -0.4 is 5.32 Å². The molecule has 1 unspecified atom stereocenters. The quantitative estimate of drug-likeness (QED) is 0.668. The van der Waals surface area contributed by atoms with E-state index < -0.39 is 11.9 Å². The summed E-state index contributed by atoms with van der Waals surface area (Å²) in [7, 11) is 0. The Kier molecular flexibility index (Phi) is 9.06. The standard InChI is InChI=1S/C6H11NO3.C2H6/c1-4(6(9)10)3-7-5(2)8;1-2/h4H,3H2,1-2H3,(H,7,8)(H,9,10);1-2H3. The number of aliphatic carboxylic acids is 1. The topological polar surface area (TPSA) is 66.4 Å². The molecule has 12 heavy (non-hydrogen) atoms. The first-order chi connectivity index (χ1) is 5.54. The Morgan fingerprint density at radius 2 is 1.83 bits per heavy atom. The van der Waals surface area contributed by atoms with Gasteiger partial charge in [0, 0.05) is 13.5 Å². The number of amides is 1. The minimum absolute atomic E-state index is 0.199. The van der Waals surface area contributed by atoms with E-state index >= 15 is 0 Å². The summed E-state index contributed by atoms with van der Waals surface area (Å²) in [5.41, 5.74) is 0. The molecule has 0 rings (SSSR count). The molecule has 1 amide bonds. The maximum atomic E-state index is 10.3. The van der Waals surface area contributed by atoms with Gasteiger partial charge in [-0.3, -0.25) is 9.59 Å². The van der Waals surface area contributed by atoms with Crippen LogP contribution in [0.25, 0.3) is 0 Å². The Balaban J connectivity index is 0. The lowest BCUT2D eigenvalue weighted by molar-refractivity contribution is -0.141. The number of rotatable bonds is 3. The van der Waals surface area contributed by atoms with Gasteiger partial charge in [-0.2, -0.15) is 0 Å². The predicted octanol–water partition coefficient (Wildman–Crippen LogP) is 0.869. The monoisotopic (exact) mass is 175 g/mol. The summed E-state index contributed by atoms with van der Waals surface area (Å²) in [6.07, 6.45) is 0. The summed E-state index contributed by atoms with van der Waals surface area (Å²) in [6.45, 7) is 7.09. The van der Waals surface area contributed by atoms with E-state index in [9.17, 15) is 9.59 Å². The molecule has 0 aliphatic rings. The van der Waals surface area contributed by atoms with Gasteiger partial charge in [-0.15, -0.1) is 0 Å². The maximum Gasteiger partial charge on any atom is 0.308 e. The molecule has 0 heterocycles. The summed E-state index contributed by atoms with van der Waals surface area (Å²) >= 11 is 0. The molecule has 72 valence electrons. The van der Waals surface area contributed by atoms with Crippen LogP contribution in [0.2, 0.25) is 0 Å². The molecule has 4 nitrogen and oxygen atoms in total. The number of hydrogen-bond donors (Lipinski definition) is 2. The molecule has 0 aliphatic heterocycles. The zero-order valence-corrected chi connectivity index (χ0v) is 8.05. The van der Waals surface area contributed by atoms with Crippen molar-refractivity contribution < 1.29 is 14.7 Å². The Hall–Kier alpha value is -1.06. The highest BCUT2D eigenvalue weighted by Crippen LogP contribution is 1.90. The lowest BCUT2D eigenvalue weighted by atomic mass is 10.2. The molecule has 0 aromatic heterocycles. The maximum absolute atomic E-state index is 10.3. The third-order valence-corrected chi connectivity index (χ3v) is 1.08. The Morgan fingerprint density at radius 1 is 1.42 bits per heavy atom. The van der Waals surface area contributed by atoms with Crippen LogP contribution >= 0.6 is 0 Å². The van der Waals surface area contributed by atoms with Crippen LogP contribution in [-0.2, 0) is 9.59 Å². The lowest BCUT2D eigenvalue weighted by Crippen LogP contribution is -2.29. The van der Waals surface area contributed by atoms with E-state index in [2.05, 4.69) is 5.32 Å². The van der Waals surface area contributed by atoms with E-state index in [0.29, 0.717) is 0 Å². The van der Waals surface area contributed by atoms with Crippen LogP contribution in [0, 0.1) is 5.92 Å². The lowest BCUT2D eigenvalue weighted by Gasteiger charge is -2.04. The van der Waals surface area contributed by atoms with Crippen LogP contribution in [-0.4, -0.2) is 23.5 Å². The van der Waals surface area contributed by atoms with Gasteiger partial charge in [-0.05, 0) is 0 Å². The first kappa shape index (κ1) is 13.5. The van der Waals surface area contributed by atoms with Crippen molar-refractivity contribution in [2.75, 3.05) is 6.54 Å². The normalized spacial score (nSPS) is 10.7. The number of carboxylic acid groups (broad SMARTS) is 1. The van der Waals surface area contributed by atoms with Crippen molar-refractivity contribution in [3.05, 3.63) is 0 Å². The van der Waals surface area contributed by atoms with E-state index in [4.69, 9.17) is 5.11 Å². The van der Waals surface area contributed by atoms with Crippen molar-refractivity contribution in [3.63, 3.8) is 0 Å². The highest BCUT2D eigenvalue weighted by atomic mass is 16.4. The Bertz CT molecular complexity index is 145. The molecule has 4 heteroatoms. The first-order valence-corrected chi connectivity index (χ1v) is 4.01. The molecule has 0 aliphatic carbocycles. The minimum atomic E-state index is -0.895. The zero-order chi connectivity index (χ0) is 10.1.